The van der Waals surface area contributed by atoms with Crippen molar-refractivity contribution >= 4 is 18.1 Å². The number of nitro benzene ring substituents is 1. The molecule has 7 heteroatoms. The highest BCUT2D eigenvalue weighted by molar-refractivity contribution is 7.71. The fraction of sp³-hybridized carbons (Fsp3) is 0.500. The molecule has 1 aliphatic heterocycles. The van der Waals surface area contributed by atoms with Crippen molar-refractivity contribution < 1.29 is 14.2 Å². The zero-order chi connectivity index (χ0) is 14.0. The maximum absolute atomic E-state index is 12.9. The van der Waals surface area contributed by atoms with Crippen LogP contribution < -0.4 is 10.0 Å². The second-order valence-corrected chi connectivity index (χ2v) is 7.94. The Bertz CT molecular complexity index is 535. The first-order valence-electron chi connectivity index (χ1n) is 6.06. The summed E-state index contributed by atoms with van der Waals surface area (Å²) < 4.78 is 17.9. The van der Waals surface area contributed by atoms with Gasteiger partial charge >= 0.3 is 5.69 Å². The molecule has 0 unspecified atom stereocenters. The summed E-state index contributed by atoms with van der Waals surface area (Å²) in [6, 6.07) is 4.54. The molecule has 0 spiro atoms. The minimum Gasteiger partial charge on any atom is -0.490 e. The van der Waals surface area contributed by atoms with E-state index in [1.807, 2.05) is 7.05 Å². The van der Waals surface area contributed by atoms with Gasteiger partial charge in [0.25, 0.3) is 0 Å². The molecule has 1 heterocycles. The number of hydrogen-bond acceptors (Lipinski definition) is 5. The fourth-order valence-electron chi connectivity index (χ4n) is 2.22. The van der Waals surface area contributed by atoms with E-state index in [-0.39, 0.29) is 11.4 Å². The van der Waals surface area contributed by atoms with Gasteiger partial charge in [-0.05, 0) is 19.2 Å². The van der Waals surface area contributed by atoms with Gasteiger partial charge in [0.15, 0.2) is 5.75 Å². The monoisotopic (exact) mass is 284 g/mol. The largest absolute Gasteiger partial charge is 0.490 e. The van der Waals surface area contributed by atoms with E-state index in [0.29, 0.717) is 17.6 Å². The molecule has 0 N–H and O–H groups in total. The Labute approximate surface area is 111 Å². The van der Waals surface area contributed by atoms with Crippen molar-refractivity contribution in [2.45, 2.75) is 0 Å². The fourth-order valence-corrected chi connectivity index (χ4v) is 4.98. The lowest BCUT2D eigenvalue weighted by Crippen LogP contribution is -2.34. The van der Waals surface area contributed by atoms with Crippen LogP contribution in [0.15, 0.2) is 18.2 Å². The molecule has 0 aliphatic carbocycles. The summed E-state index contributed by atoms with van der Waals surface area (Å²) in [6.07, 6.45) is 1.23. The molecule has 0 bridgehead atoms. The third kappa shape index (κ3) is 2.80. The Hall–Kier alpha value is -1.39. The molecule has 104 valence electrons. The lowest BCUT2D eigenvalue weighted by molar-refractivity contribution is -0.385. The highest BCUT2D eigenvalue weighted by atomic mass is 31.2. The molecule has 0 saturated carbocycles. The summed E-state index contributed by atoms with van der Waals surface area (Å²) in [5, 5.41) is 11.5. The van der Waals surface area contributed by atoms with Crippen molar-refractivity contribution in [2.24, 2.45) is 0 Å². The van der Waals surface area contributed by atoms with Crippen molar-refractivity contribution in [1.29, 1.82) is 0 Å². The Kier molecular flexibility index (Phi) is 3.92. The van der Waals surface area contributed by atoms with E-state index in [2.05, 4.69) is 4.90 Å². The van der Waals surface area contributed by atoms with Crippen LogP contribution in [0.1, 0.15) is 0 Å². The summed E-state index contributed by atoms with van der Waals surface area (Å²) in [4.78, 5) is 12.5. The summed E-state index contributed by atoms with van der Waals surface area (Å²) in [5.41, 5.74) is -0.0908. The lowest BCUT2D eigenvalue weighted by atomic mass is 10.3. The van der Waals surface area contributed by atoms with Crippen LogP contribution in [0.4, 0.5) is 5.69 Å². The third-order valence-corrected chi connectivity index (χ3v) is 6.58. The van der Waals surface area contributed by atoms with Gasteiger partial charge < -0.3 is 14.2 Å². The van der Waals surface area contributed by atoms with Crippen LogP contribution in [0.2, 0.25) is 0 Å². The Morgan fingerprint density at radius 3 is 2.53 bits per heavy atom. The van der Waals surface area contributed by atoms with Crippen molar-refractivity contribution in [3.63, 3.8) is 0 Å². The number of ether oxygens (including phenoxy) is 1. The molecule has 1 fully saturated rings. The van der Waals surface area contributed by atoms with Gasteiger partial charge in [0.05, 0.1) is 12.0 Å². The van der Waals surface area contributed by atoms with Gasteiger partial charge in [-0.3, -0.25) is 10.1 Å². The van der Waals surface area contributed by atoms with Crippen LogP contribution in [0.25, 0.3) is 0 Å². The maximum Gasteiger partial charge on any atom is 0.310 e. The van der Waals surface area contributed by atoms with Gasteiger partial charge in [0.1, 0.15) is 7.14 Å². The predicted octanol–water partition coefficient (Wildman–Crippen LogP) is 1.54. The number of methoxy groups -OCH3 is 1. The van der Waals surface area contributed by atoms with E-state index in [0.717, 1.165) is 13.1 Å². The van der Waals surface area contributed by atoms with Gasteiger partial charge in [-0.1, -0.05) is 0 Å². The first-order chi connectivity index (χ1) is 8.96. The molecule has 19 heavy (non-hydrogen) atoms. The van der Waals surface area contributed by atoms with Gasteiger partial charge in [-0.25, -0.2) is 0 Å². The number of benzene rings is 1. The molecule has 1 aliphatic rings. The Morgan fingerprint density at radius 2 is 2.00 bits per heavy atom. The van der Waals surface area contributed by atoms with Gasteiger partial charge in [-0.2, -0.15) is 0 Å². The Balaban J connectivity index is 2.36. The summed E-state index contributed by atoms with van der Waals surface area (Å²) in [5.74, 6) is 0.177. The van der Waals surface area contributed by atoms with Crippen molar-refractivity contribution in [3.8, 4) is 5.75 Å². The lowest BCUT2D eigenvalue weighted by Gasteiger charge is -2.29. The average Bonchev–Trinajstić information content (AvgIpc) is 2.41. The number of hydrogen-bond donors (Lipinski definition) is 0. The predicted molar refractivity (Wildman–Crippen MR) is 74.1 cm³/mol. The van der Waals surface area contributed by atoms with Crippen LogP contribution >= 0.6 is 7.14 Å². The minimum absolute atomic E-state index is 0.0908. The molecule has 0 radical (unpaired) electrons. The first kappa shape index (κ1) is 14.0. The number of rotatable bonds is 3. The zero-order valence-corrected chi connectivity index (χ0v) is 11.9. The molecular weight excluding hydrogens is 267 g/mol. The molecule has 2 rings (SSSR count). The molecule has 1 aromatic rings. The second-order valence-electron chi connectivity index (χ2n) is 4.75. The minimum atomic E-state index is -2.44. The SMILES string of the molecule is COc1cc(P2(=O)CCN(C)CC2)ccc1[N+](=O)[O-]. The van der Waals surface area contributed by atoms with Crippen LogP contribution in [0.5, 0.6) is 5.75 Å². The van der Waals surface area contributed by atoms with E-state index in [1.165, 1.54) is 13.2 Å². The van der Waals surface area contributed by atoms with Crippen molar-refractivity contribution in [2.75, 3.05) is 39.6 Å². The van der Waals surface area contributed by atoms with Crippen molar-refractivity contribution in [3.05, 3.63) is 28.3 Å². The van der Waals surface area contributed by atoms with E-state index >= 15 is 0 Å². The normalized spacial score (nSPS) is 19.1. The summed E-state index contributed by atoms with van der Waals surface area (Å²) in [6.45, 7) is 1.58. The topological polar surface area (TPSA) is 72.7 Å². The highest BCUT2D eigenvalue weighted by Gasteiger charge is 2.30. The van der Waals surface area contributed by atoms with Gasteiger partial charge in [0, 0.05) is 36.8 Å². The number of nitro groups is 1. The van der Waals surface area contributed by atoms with Gasteiger partial charge in [0.2, 0.25) is 0 Å². The zero-order valence-electron chi connectivity index (χ0n) is 11.0. The molecule has 0 atom stereocenters. The standard InChI is InChI=1S/C12H17N2O4P/c1-13-5-7-19(17,8-6-13)10-3-4-11(14(15)16)12(9-10)18-2/h3-4,9H,5-8H2,1-2H3. The summed E-state index contributed by atoms with van der Waals surface area (Å²) >= 11 is 0. The summed E-state index contributed by atoms with van der Waals surface area (Å²) in [7, 11) is 0.948. The van der Waals surface area contributed by atoms with Crippen LogP contribution in [-0.4, -0.2) is 49.4 Å². The molecular formula is C12H17N2O4P. The average molecular weight is 284 g/mol. The Morgan fingerprint density at radius 1 is 1.37 bits per heavy atom. The van der Waals surface area contributed by atoms with Crippen molar-refractivity contribution in [1.82, 2.24) is 4.90 Å². The van der Waals surface area contributed by atoms with Crippen LogP contribution in [-0.2, 0) is 4.57 Å². The molecule has 1 aromatic carbocycles. The highest BCUT2D eigenvalue weighted by Crippen LogP contribution is 2.47. The molecule has 0 amide bonds. The third-order valence-electron chi connectivity index (χ3n) is 3.52. The maximum atomic E-state index is 12.9. The second kappa shape index (κ2) is 5.31. The molecule has 1 saturated heterocycles. The van der Waals surface area contributed by atoms with E-state index < -0.39 is 12.1 Å². The number of nitrogens with zero attached hydrogens (tertiary/aromatic N) is 2. The van der Waals surface area contributed by atoms with E-state index in [9.17, 15) is 14.7 Å². The van der Waals surface area contributed by atoms with E-state index in [4.69, 9.17) is 4.74 Å². The van der Waals surface area contributed by atoms with Gasteiger partial charge in [-0.15, -0.1) is 0 Å². The first-order valence-corrected chi connectivity index (χ1v) is 8.13. The quantitative estimate of drug-likeness (QED) is 0.478. The van der Waals surface area contributed by atoms with Crippen LogP contribution in [0, 0.1) is 10.1 Å². The smallest absolute Gasteiger partial charge is 0.310 e. The van der Waals surface area contributed by atoms with Crippen LogP contribution in [0.3, 0.4) is 0 Å². The molecule has 6 nitrogen and oxygen atoms in total. The van der Waals surface area contributed by atoms with E-state index in [1.54, 1.807) is 12.1 Å². The molecule has 0 aromatic heterocycles.